The van der Waals surface area contributed by atoms with Crippen LogP contribution < -0.4 is 14.8 Å². The number of carbonyl (C=O) groups is 2. The van der Waals surface area contributed by atoms with Gasteiger partial charge in [0.2, 0.25) is 18.6 Å². The SMILES string of the molecule is CC(=O)N(CCC(=O)NCCC1=CCCCC1)Cc1ccc2c(c1)OCO2. The number of nitrogens with one attached hydrogen (secondary N) is 1. The third-order valence-electron chi connectivity index (χ3n) is 5.02. The smallest absolute Gasteiger partial charge is 0.231 e. The van der Waals surface area contributed by atoms with Crippen LogP contribution in [0.15, 0.2) is 29.8 Å². The van der Waals surface area contributed by atoms with E-state index in [0.29, 0.717) is 31.8 Å². The molecule has 1 aromatic rings. The number of amides is 2. The first kappa shape index (κ1) is 19.3. The fourth-order valence-electron chi connectivity index (χ4n) is 3.43. The van der Waals surface area contributed by atoms with Crippen LogP contribution in [0.3, 0.4) is 0 Å². The van der Waals surface area contributed by atoms with Crippen LogP contribution in [0.2, 0.25) is 0 Å². The molecule has 0 atom stereocenters. The zero-order valence-electron chi connectivity index (χ0n) is 16.0. The molecule has 0 bridgehead atoms. The number of hydrogen-bond donors (Lipinski definition) is 1. The van der Waals surface area contributed by atoms with Crippen LogP contribution in [-0.4, -0.2) is 36.6 Å². The van der Waals surface area contributed by atoms with Crippen molar-refractivity contribution in [2.24, 2.45) is 0 Å². The van der Waals surface area contributed by atoms with E-state index in [0.717, 1.165) is 30.6 Å². The molecule has 1 aromatic carbocycles. The summed E-state index contributed by atoms with van der Waals surface area (Å²) >= 11 is 0. The topological polar surface area (TPSA) is 67.9 Å². The summed E-state index contributed by atoms with van der Waals surface area (Å²) in [5.41, 5.74) is 2.41. The van der Waals surface area contributed by atoms with Crippen LogP contribution in [0.1, 0.15) is 51.0 Å². The van der Waals surface area contributed by atoms with E-state index in [1.54, 1.807) is 4.90 Å². The lowest BCUT2D eigenvalue weighted by atomic mass is 9.97. The summed E-state index contributed by atoms with van der Waals surface area (Å²) in [5.74, 6) is 1.36. The second kappa shape index (κ2) is 9.44. The normalized spacial score (nSPS) is 15.2. The van der Waals surface area contributed by atoms with Crippen molar-refractivity contribution in [3.63, 3.8) is 0 Å². The molecule has 146 valence electrons. The van der Waals surface area contributed by atoms with Gasteiger partial charge in [-0.15, -0.1) is 0 Å². The molecule has 1 aliphatic heterocycles. The molecule has 0 spiro atoms. The Labute approximate surface area is 160 Å². The van der Waals surface area contributed by atoms with E-state index in [4.69, 9.17) is 9.47 Å². The van der Waals surface area contributed by atoms with Gasteiger partial charge in [0.15, 0.2) is 11.5 Å². The zero-order chi connectivity index (χ0) is 19.1. The van der Waals surface area contributed by atoms with Crippen LogP contribution in [0.4, 0.5) is 0 Å². The number of hydrogen-bond acceptors (Lipinski definition) is 4. The molecule has 0 radical (unpaired) electrons. The Kier molecular flexibility index (Phi) is 6.74. The van der Waals surface area contributed by atoms with Gasteiger partial charge in [-0.3, -0.25) is 9.59 Å². The van der Waals surface area contributed by atoms with E-state index in [1.807, 2.05) is 18.2 Å². The summed E-state index contributed by atoms with van der Waals surface area (Å²) in [5, 5.41) is 2.97. The Bertz CT molecular complexity index is 714. The maximum absolute atomic E-state index is 12.1. The predicted octanol–water partition coefficient (Wildman–Crippen LogP) is 3.16. The van der Waals surface area contributed by atoms with Crippen LogP contribution in [0.25, 0.3) is 0 Å². The molecule has 1 heterocycles. The zero-order valence-corrected chi connectivity index (χ0v) is 16.0. The van der Waals surface area contributed by atoms with Crippen molar-refractivity contribution in [3.8, 4) is 11.5 Å². The van der Waals surface area contributed by atoms with E-state index in [2.05, 4.69) is 11.4 Å². The Morgan fingerprint density at radius 3 is 2.81 bits per heavy atom. The molecule has 0 fully saturated rings. The molecule has 2 amide bonds. The van der Waals surface area contributed by atoms with Gasteiger partial charge in [0.25, 0.3) is 0 Å². The maximum atomic E-state index is 12.1. The van der Waals surface area contributed by atoms with E-state index in [1.165, 1.54) is 25.3 Å². The summed E-state index contributed by atoms with van der Waals surface area (Å²) in [4.78, 5) is 25.7. The van der Waals surface area contributed by atoms with Crippen molar-refractivity contribution in [3.05, 3.63) is 35.4 Å². The standard InChI is InChI=1S/C21H28N2O4/c1-16(24)23(14-18-7-8-19-20(13-18)27-15-26-19)12-10-21(25)22-11-9-17-5-3-2-4-6-17/h5,7-8,13H,2-4,6,9-12,14-15H2,1H3,(H,22,25). The minimum absolute atomic E-state index is 0.0108. The van der Waals surface area contributed by atoms with Crippen molar-refractivity contribution in [1.82, 2.24) is 10.2 Å². The predicted molar refractivity (Wildman–Crippen MR) is 102 cm³/mol. The van der Waals surface area contributed by atoms with Gasteiger partial charge >= 0.3 is 0 Å². The van der Waals surface area contributed by atoms with Crippen LogP contribution in [0, 0.1) is 0 Å². The fourth-order valence-corrected chi connectivity index (χ4v) is 3.43. The number of ether oxygens (including phenoxy) is 2. The molecule has 0 aromatic heterocycles. The van der Waals surface area contributed by atoms with Gasteiger partial charge in [-0.2, -0.15) is 0 Å². The maximum Gasteiger partial charge on any atom is 0.231 e. The van der Waals surface area contributed by atoms with Gasteiger partial charge in [0, 0.05) is 33.0 Å². The Balaban J connectivity index is 1.43. The lowest BCUT2D eigenvalue weighted by Gasteiger charge is -2.21. The number of nitrogens with zero attached hydrogens (tertiary/aromatic N) is 1. The molecule has 2 aliphatic rings. The fraction of sp³-hybridized carbons (Fsp3) is 0.524. The van der Waals surface area contributed by atoms with Gasteiger partial charge in [-0.1, -0.05) is 17.7 Å². The number of allylic oxidation sites excluding steroid dienone is 1. The van der Waals surface area contributed by atoms with E-state index in [9.17, 15) is 9.59 Å². The highest BCUT2D eigenvalue weighted by atomic mass is 16.7. The number of fused-ring (bicyclic) bond motifs is 1. The molecule has 27 heavy (non-hydrogen) atoms. The molecule has 6 heteroatoms. The largest absolute Gasteiger partial charge is 0.454 e. The van der Waals surface area contributed by atoms with E-state index < -0.39 is 0 Å². The summed E-state index contributed by atoms with van der Waals surface area (Å²) in [6, 6.07) is 5.65. The molecule has 6 nitrogen and oxygen atoms in total. The first-order chi connectivity index (χ1) is 13.1. The monoisotopic (exact) mass is 372 g/mol. The van der Waals surface area contributed by atoms with Crippen molar-refractivity contribution in [1.29, 1.82) is 0 Å². The van der Waals surface area contributed by atoms with Crippen molar-refractivity contribution < 1.29 is 19.1 Å². The highest BCUT2D eigenvalue weighted by Crippen LogP contribution is 2.32. The summed E-state index contributed by atoms with van der Waals surface area (Å²) in [6.45, 7) is 3.28. The molecule has 3 rings (SSSR count). The van der Waals surface area contributed by atoms with Crippen molar-refractivity contribution in [2.75, 3.05) is 19.9 Å². The molecular formula is C21H28N2O4. The van der Waals surface area contributed by atoms with Crippen LogP contribution >= 0.6 is 0 Å². The molecule has 0 saturated carbocycles. The summed E-state index contributed by atoms with van der Waals surface area (Å²) < 4.78 is 10.7. The highest BCUT2D eigenvalue weighted by molar-refractivity contribution is 5.78. The second-order valence-electron chi connectivity index (χ2n) is 7.09. The summed E-state index contributed by atoms with van der Waals surface area (Å²) in [6.07, 6.45) is 8.40. The van der Waals surface area contributed by atoms with Crippen LogP contribution in [-0.2, 0) is 16.1 Å². The average molecular weight is 372 g/mol. The average Bonchev–Trinajstić information content (AvgIpc) is 3.13. The van der Waals surface area contributed by atoms with Gasteiger partial charge < -0.3 is 19.7 Å². The molecule has 0 unspecified atom stereocenters. The quantitative estimate of drug-likeness (QED) is 0.712. The van der Waals surface area contributed by atoms with Gasteiger partial charge in [0.05, 0.1) is 0 Å². The third kappa shape index (κ3) is 5.74. The Hall–Kier alpha value is -2.50. The number of rotatable bonds is 8. The Morgan fingerprint density at radius 1 is 1.19 bits per heavy atom. The lowest BCUT2D eigenvalue weighted by molar-refractivity contribution is -0.130. The minimum Gasteiger partial charge on any atom is -0.454 e. The number of carbonyl (C=O) groups excluding carboxylic acids is 2. The molecule has 1 N–H and O–H groups in total. The second-order valence-corrected chi connectivity index (χ2v) is 7.09. The van der Waals surface area contributed by atoms with Gasteiger partial charge in [0.1, 0.15) is 0 Å². The highest BCUT2D eigenvalue weighted by Gasteiger charge is 2.16. The van der Waals surface area contributed by atoms with Crippen molar-refractivity contribution in [2.45, 2.75) is 52.0 Å². The van der Waals surface area contributed by atoms with Crippen LogP contribution in [0.5, 0.6) is 11.5 Å². The molecular weight excluding hydrogens is 344 g/mol. The van der Waals surface area contributed by atoms with E-state index in [-0.39, 0.29) is 18.6 Å². The van der Waals surface area contributed by atoms with Gasteiger partial charge in [-0.05, 0) is 49.8 Å². The van der Waals surface area contributed by atoms with E-state index >= 15 is 0 Å². The lowest BCUT2D eigenvalue weighted by Crippen LogP contribution is -2.33. The molecule has 1 aliphatic carbocycles. The Morgan fingerprint density at radius 2 is 2.04 bits per heavy atom. The first-order valence-corrected chi connectivity index (χ1v) is 9.70. The first-order valence-electron chi connectivity index (χ1n) is 9.70. The van der Waals surface area contributed by atoms with Gasteiger partial charge in [-0.25, -0.2) is 0 Å². The minimum atomic E-state index is -0.0483. The summed E-state index contributed by atoms with van der Waals surface area (Å²) in [7, 11) is 0. The molecule has 0 saturated heterocycles. The third-order valence-corrected chi connectivity index (χ3v) is 5.02. The number of benzene rings is 1. The van der Waals surface area contributed by atoms with Crippen molar-refractivity contribution >= 4 is 11.8 Å².